The summed E-state index contributed by atoms with van der Waals surface area (Å²) in [5.74, 6) is -0.793. The lowest BCUT2D eigenvalue weighted by atomic mass is 10.0. The van der Waals surface area contributed by atoms with Crippen molar-refractivity contribution in [2.24, 2.45) is 5.73 Å². The second-order valence-corrected chi connectivity index (χ2v) is 4.13. The number of hydrogen-bond donors (Lipinski definition) is 1. The second kappa shape index (κ2) is 3.41. The highest BCUT2D eigenvalue weighted by molar-refractivity contribution is 5.91. The molecule has 0 radical (unpaired) electrons. The van der Waals surface area contributed by atoms with Crippen LogP contribution in [0.15, 0.2) is 6.20 Å². The monoisotopic (exact) mass is 245 g/mol. The fraction of sp³-hybridized carbons (Fsp3) is 0.500. The van der Waals surface area contributed by atoms with Crippen molar-refractivity contribution in [3.05, 3.63) is 23.3 Å². The summed E-state index contributed by atoms with van der Waals surface area (Å²) in [4.78, 5) is 18.4. The van der Waals surface area contributed by atoms with Crippen LogP contribution in [0.2, 0.25) is 0 Å². The van der Waals surface area contributed by atoms with Gasteiger partial charge in [-0.05, 0) is 19.8 Å². The van der Waals surface area contributed by atoms with E-state index in [-0.39, 0.29) is 29.9 Å². The number of halogens is 3. The minimum atomic E-state index is -4.33. The van der Waals surface area contributed by atoms with E-state index in [1.165, 1.54) is 6.92 Å². The van der Waals surface area contributed by atoms with E-state index in [1.54, 1.807) is 0 Å². The van der Waals surface area contributed by atoms with Gasteiger partial charge in [0.15, 0.2) is 0 Å². The average Bonchev–Trinajstić information content (AvgIpc) is 2.95. The van der Waals surface area contributed by atoms with Crippen LogP contribution >= 0.6 is 0 Å². The van der Waals surface area contributed by atoms with E-state index in [0.717, 1.165) is 6.20 Å². The van der Waals surface area contributed by atoms with Crippen molar-refractivity contribution in [3.8, 4) is 0 Å². The van der Waals surface area contributed by atoms with Gasteiger partial charge in [0.05, 0.1) is 17.6 Å². The van der Waals surface area contributed by atoms with Crippen molar-refractivity contribution in [1.82, 2.24) is 9.97 Å². The number of nitrogens with two attached hydrogens (primary N) is 1. The summed E-state index contributed by atoms with van der Waals surface area (Å²) in [5, 5.41) is 0. The molecule has 0 saturated heterocycles. The molecule has 92 valence electrons. The molecule has 17 heavy (non-hydrogen) atoms. The molecular formula is C10H10F3N3O. The molecule has 1 heterocycles. The predicted octanol–water partition coefficient (Wildman–Crippen LogP) is 1.48. The number of hydrogen-bond acceptors (Lipinski definition) is 3. The molecule has 0 unspecified atom stereocenters. The van der Waals surface area contributed by atoms with Gasteiger partial charge in [-0.1, -0.05) is 0 Å². The van der Waals surface area contributed by atoms with Gasteiger partial charge in [-0.25, -0.2) is 4.98 Å². The van der Waals surface area contributed by atoms with Gasteiger partial charge in [0.25, 0.3) is 5.91 Å². The van der Waals surface area contributed by atoms with Gasteiger partial charge in [-0.2, -0.15) is 13.2 Å². The average molecular weight is 245 g/mol. The smallest absolute Gasteiger partial charge is 0.364 e. The van der Waals surface area contributed by atoms with Crippen LogP contribution in [0.4, 0.5) is 13.2 Å². The number of aryl methyl sites for hydroxylation is 1. The van der Waals surface area contributed by atoms with Crippen LogP contribution < -0.4 is 5.73 Å². The van der Waals surface area contributed by atoms with Crippen molar-refractivity contribution in [3.63, 3.8) is 0 Å². The van der Waals surface area contributed by atoms with Crippen LogP contribution in [0.25, 0.3) is 0 Å². The molecule has 0 aromatic carbocycles. The van der Waals surface area contributed by atoms with E-state index >= 15 is 0 Å². The van der Waals surface area contributed by atoms with E-state index in [4.69, 9.17) is 5.73 Å². The third-order valence-electron chi connectivity index (χ3n) is 2.96. The van der Waals surface area contributed by atoms with Crippen LogP contribution in [0.3, 0.4) is 0 Å². The molecule has 0 spiro atoms. The van der Waals surface area contributed by atoms with Crippen LogP contribution in [-0.2, 0) is 5.41 Å². The Labute approximate surface area is 95.1 Å². The zero-order chi connectivity index (χ0) is 12.8. The van der Waals surface area contributed by atoms with Crippen LogP contribution in [0.1, 0.15) is 34.7 Å². The van der Waals surface area contributed by atoms with Gasteiger partial charge in [0.1, 0.15) is 11.1 Å². The number of rotatable bonds is 2. The molecule has 2 rings (SSSR count). The normalized spacial score (nSPS) is 17.9. The lowest BCUT2D eigenvalue weighted by Gasteiger charge is -2.18. The van der Waals surface area contributed by atoms with E-state index in [0.29, 0.717) is 0 Å². The lowest BCUT2D eigenvalue weighted by Crippen LogP contribution is -2.30. The van der Waals surface area contributed by atoms with Gasteiger partial charge in [0.2, 0.25) is 0 Å². The predicted molar refractivity (Wildman–Crippen MR) is 52.3 cm³/mol. The fourth-order valence-electron chi connectivity index (χ4n) is 1.76. The Morgan fingerprint density at radius 2 is 2.06 bits per heavy atom. The topological polar surface area (TPSA) is 68.9 Å². The highest BCUT2D eigenvalue weighted by atomic mass is 19.4. The summed E-state index contributed by atoms with van der Waals surface area (Å²) in [5.41, 5.74) is 3.04. The molecule has 1 aromatic rings. The Morgan fingerprint density at radius 1 is 1.47 bits per heavy atom. The van der Waals surface area contributed by atoms with Crippen molar-refractivity contribution in [1.29, 1.82) is 0 Å². The van der Waals surface area contributed by atoms with Gasteiger partial charge in [-0.3, -0.25) is 9.78 Å². The zero-order valence-electron chi connectivity index (χ0n) is 9.01. The summed E-state index contributed by atoms with van der Waals surface area (Å²) in [6.07, 6.45) is -3.31. The molecule has 1 aliphatic rings. The summed E-state index contributed by atoms with van der Waals surface area (Å²) >= 11 is 0. The second-order valence-electron chi connectivity index (χ2n) is 4.13. The first-order valence-corrected chi connectivity index (χ1v) is 4.98. The Morgan fingerprint density at radius 3 is 2.41 bits per heavy atom. The van der Waals surface area contributed by atoms with Gasteiger partial charge < -0.3 is 5.73 Å². The van der Waals surface area contributed by atoms with Crippen molar-refractivity contribution in [2.75, 3.05) is 0 Å². The number of nitrogens with zero attached hydrogens (tertiary/aromatic N) is 2. The Bertz CT molecular complexity index is 480. The SMILES string of the molecule is Cc1nc(C2(C(F)(F)F)CC2)cnc1C(N)=O. The van der Waals surface area contributed by atoms with Crippen molar-refractivity contribution >= 4 is 5.91 Å². The van der Waals surface area contributed by atoms with E-state index in [9.17, 15) is 18.0 Å². The molecule has 7 heteroatoms. The molecule has 2 N–H and O–H groups in total. The molecule has 4 nitrogen and oxygen atoms in total. The fourth-order valence-corrected chi connectivity index (χ4v) is 1.76. The molecule has 1 saturated carbocycles. The number of amides is 1. The molecule has 1 aromatic heterocycles. The molecule has 1 amide bonds. The first kappa shape index (κ1) is 11.8. The highest BCUT2D eigenvalue weighted by Crippen LogP contribution is 2.58. The van der Waals surface area contributed by atoms with Crippen LogP contribution in [0, 0.1) is 6.92 Å². The van der Waals surface area contributed by atoms with Gasteiger partial charge in [0, 0.05) is 0 Å². The number of aromatic nitrogens is 2. The highest BCUT2D eigenvalue weighted by Gasteiger charge is 2.65. The van der Waals surface area contributed by atoms with Crippen molar-refractivity contribution in [2.45, 2.75) is 31.4 Å². The zero-order valence-corrected chi connectivity index (χ0v) is 9.01. The third-order valence-corrected chi connectivity index (χ3v) is 2.96. The quantitative estimate of drug-likeness (QED) is 0.857. The van der Waals surface area contributed by atoms with E-state index < -0.39 is 17.5 Å². The number of primary amides is 1. The van der Waals surface area contributed by atoms with E-state index in [2.05, 4.69) is 9.97 Å². The Balaban J connectivity index is 2.43. The standard InChI is InChI=1S/C10H10F3N3O/c1-5-7(8(14)17)15-4-6(16-5)9(2-3-9)10(11,12)13/h4H,2-3H2,1H3,(H2,14,17). The number of carbonyl (C=O) groups is 1. The van der Waals surface area contributed by atoms with Crippen LogP contribution in [0.5, 0.6) is 0 Å². The van der Waals surface area contributed by atoms with Gasteiger partial charge in [-0.15, -0.1) is 0 Å². The molecule has 1 fully saturated rings. The molecule has 0 aliphatic heterocycles. The maximum atomic E-state index is 12.8. The van der Waals surface area contributed by atoms with Crippen molar-refractivity contribution < 1.29 is 18.0 Å². The summed E-state index contributed by atoms with van der Waals surface area (Å²) < 4.78 is 38.4. The first-order chi connectivity index (χ1) is 7.78. The first-order valence-electron chi connectivity index (χ1n) is 4.98. The molecule has 0 atom stereocenters. The van der Waals surface area contributed by atoms with E-state index in [1.807, 2.05) is 0 Å². The minimum absolute atomic E-state index is 0.0144. The minimum Gasteiger partial charge on any atom is -0.364 e. The third kappa shape index (κ3) is 1.75. The maximum Gasteiger partial charge on any atom is 0.400 e. The summed E-state index contributed by atoms with van der Waals surface area (Å²) in [6.45, 7) is 1.42. The Hall–Kier alpha value is -1.66. The lowest BCUT2D eigenvalue weighted by molar-refractivity contribution is -0.161. The Kier molecular flexibility index (Phi) is 2.37. The molecule has 1 aliphatic carbocycles. The number of carbonyl (C=O) groups excluding carboxylic acids is 1. The maximum absolute atomic E-state index is 12.8. The molecular weight excluding hydrogens is 235 g/mol. The largest absolute Gasteiger partial charge is 0.400 e. The molecule has 0 bridgehead atoms. The van der Waals surface area contributed by atoms with Crippen LogP contribution in [-0.4, -0.2) is 22.1 Å². The summed E-state index contributed by atoms with van der Waals surface area (Å²) in [6, 6.07) is 0. The van der Waals surface area contributed by atoms with Gasteiger partial charge >= 0.3 is 6.18 Å². The summed E-state index contributed by atoms with van der Waals surface area (Å²) in [7, 11) is 0. The number of alkyl halides is 3.